The van der Waals surface area contributed by atoms with E-state index in [2.05, 4.69) is 24.1 Å². The summed E-state index contributed by atoms with van der Waals surface area (Å²) in [6.45, 7) is 9.21. The van der Waals surface area contributed by atoms with Gasteiger partial charge in [-0.05, 0) is 44.1 Å². The van der Waals surface area contributed by atoms with Gasteiger partial charge in [-0.15, -0.1) is 0 Å². The van der Waals surface area contributed by atoms with Crippen molar-refractivity contribution in [2.75, 3.05) is 33.4 Å². The van der Waals surface area contributed by atoms with E-state index in [-0.39, 0.29) is 0 Å². The highest BCUT2D eigenvalue weighted by molar-refractivity contribution is 4.85. The van der Waals surface area contributed by atoms with E-state index < -0.39 is 0 Å². The van der Waals surface area contributed by atoms with E-state index in [1.165, 1.54) is 45.3 Å². The summed E-state index contributed by atoms with van der Waals surface area (Å²) in [6, 6.07) is 1.36. The van der Waals surface area contributed by atoms with Gasteiger partial charge < -0.3 is 10.1 Å². The topological polar surface area (TPSA) is 24.5 Å². The maximum atomic E-state index is 5.38. The molecule has 0 amide bonds. The highest BCUT2D eigenvalue weighted by Gasteiger charge is 2.28. The standard InChI is InChI=1S/C15H30N2O/c1-12(2)15(11-18-3)17-8-6-14(7-9-17)16-10-13-4-5-13/h12-16H,4-11H2,1-3H3. The second kappa shape index (κ2) is 6.88. The van der Waals surface area contributed by atoms with Crippen molar-refractivity contribution in [3.8, 4) is 0 Å². The molecule has 2 fully saturated rings. The monoisotopic (exact) mass is 254 g/mol. The summed E-state index contributed by atoms with van der Waals surface area (Å²) >= 11 is 0. The number of ether oxygens (including phenoxy) is 1. The largest absolute Gasteiger partial charge is 0.383 e. The smallest absolute Gasteiger partial charge is 0.0620 e. The van der Waals surface area contributed by atoms with E-state index in [1.807, 2.05) is 7.11 Å². The first-order chi connectivity index (χ1) is 8.70. The zero-order valence-corrected chi connectivity index (χ0v) is 12.3. The number of likely N-dealkylation sites (tertiary alicyclic amines) is 1. The quantitative estimate of drug-likeness (QED) is 0.753. The minimum atomic E-state index is 0.597. The molecule has 1 atom stereocenters. The molecule has 1 aliphatic carbocycles. The van der Waals surface area contributed by atoms with Crippen LogP contribution in [0, 0.1) is 11.8 Å². The number of rotatable bonds is 7. The molecule has 0 bridgehead atoms. The summed E-state index contributed by atoms with van der Waals surface area (Å²) in [4.78, 5) is 2.63. The van der Waals surface area contributed by atoms with Crippen molar-refractivity contribution in [1.29, 1.82) is 0 Å². The van der Waals surface area contributed by atoms with Gasteiger partial charge in [0.15, 0.2) is 0 Å². The molecular weight excluding hydrogens is 224 g/mol. The Morgan fingerprint density at radius 2 is 1.83 bits per heavy atom. The zero-order valence-electron chi connectivity index (χ0n) is 12.3. The molecule has 2 aliphatic rings. The third-order valence-electron chi connectivity index (χ3n) is 4.50. The molecule has 0 aromatic rings. The molecular formula is C15H30N2O. The first-order valence-electron chi connectivity index (χ1n) is 7.67. The highest BCUT2D eigenvalue weighted by Crippen LogP contribution is 2.28. The zero-order chi connectivity index (χ0) is 13.0. The number of methoxy groups -OCH3 is 1. The molecule has 1 unspecified atom stereocenters. The lowest BCUT2D eigenvalue weighted by atomic mass is 9.98. The van der Waals surface area contributed by atoms with Gasteiger partial charge in [-0.25, -0.2) is 0 Å². The Morgan fingerprint density at radius 1 is 1.17 bits per heavy atom. The molecule has 0 radical (unpaired) electrons. The van der Waals surface area contributed by atoms with Crippen LogP contribution in [0.2, 0.25) is 0 Å². The minimum Gasteiger partial charge on any atom is -0.383 e. The fourth-order valence-corrected chi connectivity index (χ4v) is 2.98. The van der Waals surface area contributed by atoms with Crippen LogP contribution in [0.3, 0.4) is 0 Å². The predicted octanol–water partition coefficient (Wildman–Crippen LogP) is 2.12. The maximum absolute atomic E-state index is 5.38. The van der Waals surface area contributed by atoms with Gasteiger partial charge in [0, 0.05) is 32.3 Å². The molecule has 0 aromatic carbocycles. The van der Waals surface area contributed by atoms with Crippen molar-refractivity contribution in [3.05, 3.63) is 0 Å². The molecule has 106 valence electrons. The lowest BCUT2D eigenvalue weighted by Crippen LogP contribution is -2.50. The van der Waals surface area contributed by atoms with Crippen molar-refractivity contribution < 1.29 is 4.74 Å². The van der Waals surface area contributed by atoms with E-state index in [0.717, 1.165) is 18.6 Å². The minimum absolute atomic E-state index is 0.597. The van der Waals surface area contributed by atoms with Crippen molar-refractivity contribution in [1.82, 2.24) is 10.2 Å². The molecule has 2 rings (SSSR count). The van der Waals surface area contributed by atoms with E-state index in [1.54, 1.807) is 0 Å². The van der Waals surface area contributed by atoms with Gasteiger partial charge in [0.1, 0.15) is 0 Å². The molecule has 1 aliphatic heterocycles. The number of nitrogens with zero attached hydrogens (tertiary/aromatic N) is 1. The van der Waals surface area contributed by atoms with Crippen molar-refractivity contribution in [2.24, 2.45) is 11.8 Å². The first-order valence-corrected chi connectivity index (χ1v) is 7.67. The molecule has 18 heavy (non-hydrogen) atoms. The van der Waals surface area contributed by atoms with Gasteiger partial charge in [-0.3, -0.25) is 4.90 Å². The molecule has 1 heterocycles. The SMILES string of the molecule is COCC(C(C)C)N1CCC(NCC2CC2)CC1. The van der Waals surface area contributed by atoms with Crippen LogP contribution in [0.25, 0.3) is 0 Å². The van der Waals surface area contributed by atoms with Crippen molar-refractivity contribution in [3.63, 3.8) is 0 Å². The third-order valence-corrected chi connectivity index (χ3v) is 4.50. The van der Waals surface area contributed by atoms with Gasteiger partial charge in [0.2, 0.25) is 0 Å². The normalized spacial score (nSPS) is 24.7. The van der Waals surface area contributed by atoms with Gasteiger partial charge in [-0.2, -0.15) is 0 Å². The van der Waals surface area contributed by atoms with E-state index in [9.17, 15) is 0 Å². The second-order valence-corrected chi connectivity index (χ2v) is 6.43. The van der Waals surface area contributed by atoms with Crippen molar-refractivity contribution in [2.45, 2.75) is 51.6 Å². The number of hydrogen-bond donors (Lipinski definition) is 1. The maximum Gasteiger partial charge on any atom is 0.0620 e. The lowest BCUT2D eigenvalue weighted by molar-refractivity contribution is 0.0462. The summed E-state index contributed by atoms with van der Waals surface area (Å²) in [5.41, 5.74) is 0. The fourth-order valence-electron chi connectivity index (χ4n) is 2.98. The molecule has 3 heteroatoms. The van der Waals surface area contributed by atoms with Gasteiger partial charge in [-0.1, -0.05) is 13.8 Å². The van der Waals surface area contributed by atoms with Crippen LogP contribution in [0.15, 0.2) is 0 Å². The molecule has 1 saturated carbocycles. The molecule has 1 saturated heterocycles. The number of nitrogens with one attached hydrogen (secondary N) is 1. The Morgan fingerprint density at radius 3 is 2.33 bits per heavy atom. The third kappa shape index (κ3) is 4.22. The summed E-state index contributed by atoms with van der Waals surface area (Å²) in [5, 5.41) is 3.75. The first kappa shape index (κ1) is 14.3. The highest BCUT2D eigenvalue weighted by atomic mass is 16.5. The van der Waals surface area contributed by atoms with Crippen LogP contribution in [-0.4, -0.2) is 50.3 Å². The number of piperidine rings is 1. The van der Waals surface area contributed by atoms with E-state index in [4.69, 9.17) is 4.74 Å². The Labute approximate surface area is 112 Å². The second-order valence-electron chi connectivity index (χ2n) is 6.43. The Kier molecular flexibility index (Phi) is 5.46. The molecule has 0 aromatic heterocycles. The Balaban J connectivity index is 1.70. The molecule has 1 N–H and O–H groups in total. The van der Waals surface area contributed by atoms with Crippen LogP contribution in [0.4, 0.5) is 0 Å². The average molecular weight is 254 g/mol. The van der Waals surface area contributed by atoms with E-state index in [0.29, 0.717) is 12.0 Å². The summed E-state index contributed by atoms with van der Waals surface area (Å²) in [6.07, 6.45) is 5.52. The summed E-state index contributed by atoms with van der Waals surface area (Å²) in [7, 11) is 1.82. The Hall–Kier alpha value is -0.120. The predicted molar refractivity (Wildman–Crippen MR) is 75.8 cm³/mol. The summed E-state index contributed by atoms with van der Waals surface area (Å²) in [5.74, 6) is 1.68. The van der Waals surface area contributed by atoms with Crippen LogP contribution >= 0.6 is 0 Å². The van der Waals surface area contributed by atoms with Crippen LogP contribution in [-0.2, 0) is 4.74 Å². The Bertz CT molecular complexity index is 233. The summed E-state index contributed by atoms with van der Waals surface area (Å²) < 4.78 is 5.38. The van der Waals surface area contributed by atoms with Crippen LogP contribution in [0.5, 0.6) is 0 Å². The van der Waals surface area contributed by atoms with Gasteiger partial charge >= 0.3 is 0 Å². The van der Waals surface area contributed by atoms with E-state index >= 15 is 0 Å². The average Bonchev–Trinajstić information content (AvgIpc) is 3.18. The van der Waals surface area contributed by atoms with Gasteiger partial charge in [0.25, 0.3) is 0 Å². The molecule has 3 nitrogen and oxygen atoms in total. The molecule has 0 spiro atoms. The van der Waals surface area contributed by atoms with Crippen molar-refractivity contribution >= 4 is 0 Å². The fraction of sp³-hybridized carbons (Fsp3) is 1.00. The van der Waals surface area contributed by atoms with Crippen LogP contribution < -0.4 is 5.32 Å². The van der Waals surface area contributed by atoms with Crippen LogP contribution in [0.1, 0.15) is 39.5 Å². The van der Waals surface area contributed by atoms with Gasteiger partial charge in [0.05, 0.1) is 6.61 Å². The number of hydrogen-bond acceptors (Lipinski definition) is 3. The lowest BCUT2D eigenvalue weighted by Gasteiger charge is -2.39.